The summed E-state index contributed by atoms with van der Waals surface area (Å²) in [4.78, 5) is 37.5. The highest BCUT2D eigenvalue weighted by molar-refractivity contribution is 14.1. The number of carbonyl (C=O) groups is 3. The zero-order chi connectivity index (χ0) is 25.8. The van der Waals surface area contributed by atoms with Crippen molar-refractivity contribution in [2.24, 2.45) is 0 Å². The van der Waals surface area contributed by atoms with Gasteiger partial charge in [0.25, 0.3) is 5.91 Å². The Labute approximate surface area is 225 Å². The minimum absolute atomic E-state index is 0.125. The maximum atomic E-state index is 12.9. The van der Waals surface area contributed by atoms with Crippen molar-refractivity contribution in [1.82, 2.24) is 5.32 Å². The van der Waals surface area contributed by atoms with Gasteiger partial charge in [0.05, 0.1) is 21.4 Å². The molecule has 0 atom stereocenters. The van der Waals surface area contributed by atoms with Crippen LogP contribution in [0.1, 0.15) is 28.4 Å². The van der Waals surface area contributed by atoms with Gasteiger partial charge < -0.3 is 19.9 Å². The van der Waals surface area contributed by atoms with E-state index in [1.807, 2.05) is 13.0 Å². The fourth-order valence-electron chi connectivity index (χ4n) is 3.50. The van der Waals surface area contributed by atoms with Crippen molar-refractivity contribution >= 4 is 63.9 Å². The number of benzene rings is 3. The molecule has 1 saturated heterocycles. The van der Waals surface area contributed by atoms with Crippen LogP contribution in [0.5, 0.6) is 11.5 Å². The molecule has 0 aromatic heterocycles. The highest BCUT2D eigenvalue weighted by Gasteiger charge is 2.34. The predicted molar refractivity (Wildman–Crippen MR) is 144 cm³/mol. The molecule has 0 spiro atoms. The second-order valence-corrected chi connectivity index (χ2v) is 9.26. The highest BCUT2D eigenvalue weighted by Crippen LogP contribution is 2.36. The molecule has 0 unspecified atom stereocenters. The number of halogens is 2. The largest absolute Gasteiger partial charge is 0.490 e. The summed E-state index contributed by atoms with van der Waals surface area (Å²) in [6.07, 6.45) is 1.58. The molecule has 4 rings (SSSR count). The van der Waals surface area contributed by atoms with Gasteiger partial charge >= 0.3 is 12.0 Å². The molecule has 1 heterocycles. The van der Waals surface area contributed by atoms with Crippen LogP contribution in [0.4, 0.5) is 10.5 Å². The summed E-state index contributed by atoms with van der Waals surface area (Å²) in [6, 6.07) is 15.8. The summed E-state index contributed by atoms with van der Waals surface area (Å²) in [5.41, 5.74) is 2.17. The molecular weight excluding hydrogens is 599 g/mol. The number of anilines is 1. The number of nitrogens with zero attached hydrogens (tertiary/aromatic N) is 1. The van der Waals surface area contributed by atoms with Crippen LogP contribution >= 0.6 is 34.2 Å². The number of carboxylic acid groups (broad SMARTS) is 1. The SMILES string of the molecule is CCOc1cc(/C=C2/NC(=O)N(c3ccc(Cl)cc3)C2=O)cc(I)c1OCc1ccc(C(=O)O)cc1. The van der Waals surface area contributed by atoms with E-state index in [9.17, 15) is 14.4 Å². The van der Waals surface area contributed by atoms with Crippen molar-refractivity contribution in [2.45, 2.75) is 13.5 Å². The third-order valence-corrected chi connectivity index (χ3v) is 6.24. The van der Waals surface area contributed by atoms with Gasteiger partial charge in [-0.3, -0.25) is 4.79 Å². The molecule has 3 aromatic carbocycles. The average Bonchev–Trinajstić information content (AvgIpc) is 3.12. The number of rotatable bonds is 8. The highest BCUT2D eigenvalue weighted by atomic mass is 127. The lowest BCUT2D eigenvalue weighted by Gasteiger charge is -2.15. The first-order chi connectivity index (χ1) is 17.3. The molecule has 3 aromatic rings. The Bertz CT molecular complexity index is 1360. The molecule has 1 aliphatic heterocycles. The van der Waals surface area contributed by atoms with Gasteiger partial charge in [-0.05, 0) is 95.2 Å². The predicted octanol–water partition coefficient (Wildman–Crippen LogP) is 5.72. The molecule has 8 nitrogen and oxygen atoms in total. The van der Waals surface area contributed by atoms with E-state index in [0.717, 1.165) is 14.0 Å². The van der Waals surface area contributed by atoms with Gasteiger partial charge in [0.1, 0.15) is 12.3 Å². The van der Waals surface area contributed by atoms with Gasteiger partial charge in [0.15, 0.2) is 11.5 Å². The summed E-state index contributed by atoms with van der Waals surface area (Å²) in [6.45, 7) is 2.44. The quantitative estimate of drug-likeness (QED) is 0.190. The first-order valence-electron chi connectivity index (χ1n) is 10.8. The number of aromatic carboxylic acids is 1. The van der Waals surface area contributed by atoms with Crippen molar-refractivity contribution in [3.8, 4) is 11.5 Å². The monoisotopic (exact) mass is 618 g/mol. The summed E-state index contributed by atoms with van der Waals surface area (Å²) in [5.74, 6) is -0.481. The number of urea groups is 1. The van der Waals surface area contributed by atoms with E-state index in [0.29, 0.717) is 34.4 Å². The summed E-state index contributed by atoms with van der Waals surface area (Å²) in [5, 5.41) is 12.2. The lowest BCUT2D eigenvalue weighted by atomic mass is 10.1. The van der Waals surface area contributed by atoms with Gasteiger partial charge in [-0.2, -0.15) is 0 Å². The molecule has 0 radical (unpaired) electrons. The van der Waals surface area contributed by atoms with Crippen molar-refractivity contribution in [3.63, 3.8) is 0 Å². The second-order valence-electron chi connectivity index (χ2n) is 7.66. The topological polar surface area (TPSA) is 105 Å². The first kappa shape index (κ1) is 25.5. The Morgan fingerprint density at radius 3 is 2.42 bits per heavy atom. The molecule has 2 N–H and O–H groups in total. The number of imide groups is 1. The summed E-state index contributed by atoms with van der Waals surface area (Å²) < 4.78 is 12.5. The molecule has 184 valence electrons. The molecule has 10 heteroatoms. The molecular formula is C26H20ClIN2O6. The van der Waals surface area contributed by atoms with E-state index in [2.05, 4.69) is 27.9 Å². The summed E-state index contributed by atoms with van der Waals surface area (Å²) in [7, 11) is 0. The molecule has 1 aliphatic rings. The zero-order valence-corrected chi connectivity index (χ0v) is 21.9. The van der Waals surface area contributed by atoms with E-state index in [1.165, 1.54) is 12.1 Å². The number of hydrogen-bond acceptors (Lipinski definition) is 5. The number of amides is 3. The lowest BCUT2D eigenvalue weighted by Crippen LogP contribution is -2.30. The standard InChI is InChI=1S/C26H20ClIN2O6/c1-2-35-22-13-16(11-20(28)23(22)36-14-15-3-5-17(6-4-15)25(32)33)12-21-24(31)30(26(34)29-21)19-9-7-18(27)8-10-19/h3-13H,2,14H2,1H3,(H,29,34)(H,32,33)/b21-12+. The van der Waals surface area contributed by atoms with Gasteiger partial charge in [0, 0.05) is 5.02 Å². The number of ether oxygens (including phenoxy) is 2. The van der Waals surface area contributed by atoms with Crippen molar-refractivity contribution in [2.75, 3.05) is 11.5 Å². The fourth-order valence-corrected chi connectivity index (χ4v) is 4.41. The number of carbonyl (C=O) groups excluding carboxylic acids is 2. The Balaban J connectivity index is 1.57. The van der Waals surface area contributed by atoms with Crippen LogP contribution < -0.4 is 19.7 Å². The molecule has 3 amide bonds. The van der Waals surface area contributed by atoms with Crippen molar-refractivity contribution in [3.05, 3.63) is 91.6 Å². The fraction of sp³-hybridized carbons (Fsp3) is 0.115. The maximum absolute atomic E-state index is 12.9. The van der Waals surface area contributed by atoms with Crippen molar-refractivity contribution in [1.29, 1.82) is 0 Å². The molecule has 36 heavy (non-hydrogen) atoms. The normalized spacial score (nSPS) is 14.2. The van der Waals surface area contributed by atoms with Gasteiger partial charge in [-0.15, -0.1) is 0 Å². The van der Waals surface area contributed by atoms with E-state index in [4.69, 9.17) is 26.2 Å². The summed E-state index contributed by atoms with van der Waals surface area (Å²) >= 11 is 8.02. The van der Waals surface area contributed by atoms with Crippen LogP contribution in [-0.4, -0.2) is 29.6 Å². The van der Waals surface area contributed by atoms with Crippen molar-refractivity contribution < 1.29 is 29.0 Å². The Hall–Kier alpha value is -3.57. The van der Waals surface area contributed by atoms with Crippen LogP contribution in [-0.2, 0) is 11.4 Å². The minimum atomic E-state index is -0.992. The van der Waals surface area contributed by atoms with E-state index in [1.54, 1.807) is 48.5 Å². The Morgan fingerprint density at radius 1 is 1.08 bits per heavy atom. The third kappa shape index (κ3) is 5.63. The third-order valence-electron chi connectivity index (χ3n) is 5.19. The minimum Gasteiger partial charge on any atom is -0.490 e. The van der Waals surface area contributed by atoms with E-state index in [-0.39, 0.29) is 17.9 Å². The van der Waals surface area contributed by atoms with Crippen LogP contribution in [0.3, 0.4) is 0 Å². The zero-order valence-electron chi connectivity index (χ0n) is 19.0. The van der Waals surface area contributed by atoms with E-state index < -0.39 is 17.9 Å². The van der Waals surface area contributed by atoms with Crippen LogP contribution in [0.25, 0.3) is 6.08 Å². The Kier molecular flexibility index (Phi) is 7.80. The lowest BCUT2D eigenvalue weighted by molar-refractivity contribution is -0.113. The average molecular weight is 619 g/mol. The maximum Gasteiger partial charge on any atom is 0.335 e. The second kappa shape index (κ2) is 11.0. The smallest absolute Gasteiger partial charge is 0.335 e. The van der Waals surface area contributed by atoms with Gasteiger partial charge in [-0.1, -0.05) is 23.7 Å². The Morgan fingerprint density at radius 2 is 1.78 bits per heavy atom. The molecule has 1 fully saturated rings. The van der Waals surface area contributed by atoms with E-state index >= 15 is 0 Å². The van der Waals surface area contributed by atoms with Crippen LogP contribution in [0.2, 0.25) is 5.02 Å². The molecule has 0 saturated carbocycles. The number of nitrogens with one attached hydrogen (secondary N) is 1. The number of carboxylic acids is 1. The van der Waals surface area contributed by atoms with Crippen LogP contribution in [0.15, 0.2) is 66.4 Å². The molecule has 0 aliphatic carbocycles. The van der Waals surface area contributed by atoms with Crippen LogP contribution in [0, 0.1) is 3.57 Å². The first-order valence-corrected chi connectivity index (χ1v) is 12.3. The van der Waals surface area contributed by atoms with Gasteiger partial charge in [0.2, 0.25) is 0 Å². The number of hydrogen-bond donors (Lipinski definition) is 2. The molecule has 0 bridgehead atoms. The van der Waals surface area contributed by atoms with Gasteiger partial charge in [-0.25, -0.2) is 14.5 Å².